The molecule has 0 atom stereocenters. The van der Waals surface area contributed by atoms with E-state index in [1.165, 1.54) is 17.2 Å². The van der Waals surface area contributed by atoms with Gasteiger partial charge in [0.2, 0.25) is 0 Å². The summed E-state index contributed by atoms with van der Waals surface area (Å²) in [5.74, 6) is 0. The molecule has 0 amide bonds. The molecular formula is C17H14N2O2. The summed E-state index contributed by atoms with van der Waals surface area (Å²) < 4.78 is 0. The molecule has 104 valence electrons. The van der Waals surface area contributed by atoms with Crippen LogP contribution in [0, 0.1) is 26.9 Å². The van der Waals surface area contributed by atoms with Crippen LogP contribution < -0.4 is 0 Å². The van der Waals surface area contributed by atoms with Crippen LogP contribution in [0.15, 0.2) is 48.5 Å². The van der Waals surface area contributed by atoms with Crippen LogP contribution in [0.1, 0.15) is 16.7 Å². The van der Waals surface area contributed by atoms with Crippen LogP contribution in [0.25, 0.3) is 0 Å². The van der Waals surface area contributed by atoms with Crippen molar-refractivity contribution in [2.45, 2.75) is 19.3 Å². The second-order valence-corrected chi connectivity index (χ2v) is 5.62. The molecule has 0 bridgehead atoms. The van der Waals surface area contributed by atoms with E-state index in [-0.39, 0.29) is 5.69 Å². The minimum atomic E-state index is -0.487. The maximum Gasteiger partial charge on any atom is 0.269 e. The molecule has 3 rings (SSSR count). The number of hydrogen-bond acceptors (Lipinski definition) is 3. The smallest absolute Gasteiger partial charge is 0.258 e. The van der Waals surface area contributed by atoms with E-state index in [1.54, 1.807) is 12.1 Å². The molecule has 0 heterocycles. The Kier molecular flexibility index (Phi) is 3.19. The van der Waals surface area contributed by atoms with Crippen molar-refractivity contribution in [3.05, 3.63) is 75.3 Å². The molecule has 0 radical (unpaired) electrons. The highest BCUT2D eigenvalue weighted by atomic mass is 16.6. The van der Waals surface area contributed by atoms with Crippen molar-refractivity contribution >= 4 is 5.69 Å². The Bertz CT molecular complexity index is 721. The number of nitro groups is 1. The molecule has 4 nitrogen and oxygen atoms in total. The third-order valence-corrected chi connectivity index (χ3v) is 4.08. The van der Waals surface area contributed by atoms with Crippen LogP contribution in [0.3, 0.4) is 0 Å². The first-order valence-corrected chi connectivity index (χ1v) is 6.83. The molecule has 21 heavy (non-hydrogen) atoms. The molecule has 0 N–H and O–H groups in total. The van der Waals surface area contributed by atoms with Gasteiger partial charge in [0.25, 0.3) is 5.69 Å². The first-order chi connectivity index (χ1) is 10.1. The van der Waals surface area contributed by atoms with Crippen molar-refractivity contribution in [3.63, 3.8) is 0 Å². The van der Waals surface area contributed by atoms with Gasteiger partial charge in [0.1, 0.15) is 0 Å². The Balaban J connectivity index is 1.89. The summed E-state index contributed by atoms with van der Waals surface area (Å²) in [5, 5.41) is 20.5. The quantitative estimate of drug-likeness (QED) is 0.638. The predicted molar refractivity (Wildman–Crippen MR) is 78.7 cm³/mol. The predicted octanol–water partition coefficient (Wildman–Crippen LogP) is 3.45. The van der Waals surface area contributed by atoms with Gasteiger partial charge in [-0.05, 0) is 36.0 Å². The van der Waals surface area contributed by atoms with E-state index in [4.69, 9.17) is 0 Å². The van der Waals surface area contributed by atoms with Gasteiger partial charge in [-0.3, -0.25) is 10.1 Å². The van der Waals surface area contributed by atoms with Gasteiger partial charge in [-0.2, -0.15) is 5.26 Å². The van der Waals surface area contributed by atoms with Gasteiger partial charge in [-0.1, -0.05) is 36.4 Å². The minimum absolute atomic E-state index is 0.0797. The Morgan fingerprint density at radius 2 is 1.81 bits per heavy atom. The molecule has 0 spiro atoms. The van der Waals surface area contributed by atoms with E-state index in [1.807, 2.05) is 18.2 Å². The van der Waals surface area contributed by atoms with Crippen LogP contribution in [0.4, 0.5) is 5.69 Å². The third-order valence-electron chi connectivity index (χ3n) is 4.08. The Labute approximate surface area is 122 Å². The SMILES string of the molecule is N#CC1(Cc2cccc([N+](=O)[O-])c2)Cc2ccccc2C1. The molecule has 2 aromatic carbocycles. The number of non-ortho nitro benzene ring substituents is 1. The lowest BCUT2D eigenvalue weighted by atomic mass is 9.80. The maximum atomic E-state index is 10.9. The van der Waals surface area contributed by atoms with E-state index < -0.39 is 10.3 Å². The summed E-state index contributed by atoms with van der Waals surface area (Å²) in [6, 6.07) is 17.1. The van der Waals surface area contributed by atoms with E-state index in [0.717, 1.165) is 5.56 Å². The number of nitro benzene ring substituents is 1. The molecule has 0 aromatic heterocycles. The van der Waals surface area contributed by atoms with Crippen molar-refractivity contribution in [3.8, 4) is 6.07 Å². The Morgan fingerprint density at radius 3 is 2.38 bits per heavy atom. The van der Waals surface area contributed by atoms with Gasteiger partial charge >= 0.3 is 0 Å². The zero-order chi connectivity index (χ0) is 14.9. The number of benzene rings is 2. The lowest BCUT2D eigenvalue weighted by Gasteiger charge is -2.20. The molecule has 0 saturated heterocycles. The van der Waals surface area contributed by atoms with Crippen LogP contribution in [0.5, 0.6) is 0 Å². The zero-order valence-electron chi connectivity index (χ0n) is 11.5. The number of hydrogen-bond donors (Lipinski definition) is 0. The van der Waals surface area contributed by atoms with Crippen molar-refractivity contribution < 1.29 is 4.92 Å². The van der Waals surface area contributed by atoms with Gasteiger partial charge in [-0.25, -0.2) is 0 Å². The lowest BCUT2D eigenvalue weighted by Crippen LogP contribution is -2.22. The fraction of sp³-hybridized carbons (Fsp3) is 0.235. The zero-order valence-corrected chi connectivity index (χ0v) is 11.5. The maximum absolute atomic E-state index is 10.9. The average molecular weight is 278 g/mol. The fourth-order valence-corrected chi connectivity index (χ4v) is 3.11. The van der Waals surface area contributed by atoms with E-state index in [9.17, 15) is 15.4 Å². The average Bonchev–Trinajstić information content (AvgIpc) is 2.86. The highest BCUT2D eigenvalue weighted by molar-refractivity contribution is 5.40. The molecular weight excluding hydrogens is 264 g/mol. The van der Waals surface area contributed by atoms with Crippen LogP contribution >= 0.6 is 0 Å². The highest BCUT2D eigenvalue weighted by Gasteiger charge is 2.37. The van der Waals surface area contributed by atoms with E-state index in [0.29, 0.717) is 19.3 Å². The molecule has 0 saturated carbocycles. The first kappa shape index (κ1) is 13.3. The summed E-state index contributed by atoms with van der Waals surface area (Å²) >= 11 is 0. The summed E-state index contributed by atoms with van der Waals surface area (Å²) in [4.78, 5) is 10.5. The fourth-order valence-electron chi connectivity index (χ4n) is 3.11. The molecule has 0 unspecified atom stereocenters. The van der Waals surface area contributed by atoms with Gasteiger partial charge in [-0.15, -0.1) is 0 Å². The largest absolute Gasteiger partial charge is 0.269 e. The number of rotatable bonds is 3. The van der Waals surface area contributed by atoms with Crippen LogP contribution in [-0.4, -0.2) is 4.92 Å². The Hall–Kier alpha value is -2.67. The third kappa shape index (κ3) is 2.50. The highest BCUT2D eigenvalue weighted by Crippen LogP contribution is 2.39. The number of nitrogens with zero attached hydrogens (tertiary/aromatic N) is 2. The van der Waals surface area contributed by atoms with Crippen molar-refractivity contribution in [1.82, 2.24) is 0 Å². The van der Waals surface area contributed by atoms with Gasteiger partial charge in [0, 0.05) is 12.1 Å². The summed E-state index contributed by atoms with van der Waals surface area (Å²) in [6.07, 6.45) is 1.96. The van der Waals surface area contributed by atoms with Crippen molar-refractivity contribution in [2.24, 2.45) is 5.41 Å². The molecule has 0 aliphatic heterocycles. The van der Waals surface area contributed by atoms with Crippen molar-refractivity contribution in [1.29, 1.82) is 5.26 Å². The van der Waals surface area contributed by atoms with Crippen LogP contribution in [-0.2, 0) is 19.3 Å². The van der Waals surface area contributed by atoms with Gasteiger partial charge in [0.15, 0.2) is 0 Å². The van der Waals surface area contributed by atoms with Crippen molar-refractivity contribution in [2.75, 3.05) is 0 Å². The molecule has 0 fully saturated rings. The van der Waals surface area contributed by atoms with Crippen LogP contribution in [0.2, 0.25) is 0 Å². The second-order valence-electron chi connectivity index (χ2n) is 5.62. The standard InChI is InChI=1S/C17H14N2O2/c18-12-17(10-14-5-1-2-6-15(14)11-17)9-13-4-3-7-16(8-13)19(20)21/h1-8H,9-11H2. The van der Waals surface area contributed by atoms with E-state index in [2.05, 4.69) is 18.2 Å². The Morgan fingerprint density at radius 1 is 1.14 bits per heavy atom. The summed E-state index contributed by atoms with van der Waals surface area (Å²) in [5.41, 5.74) is 2.86. The molecule has 4 heteroatoms. The normalized spacial score (nSPS) is 15.2. The number of fused-ring (bicyclic) bond motifs is 1. The van der Waals surface area contributed by atoms with E-state index >= 15 is 0 Å². The van der Waals surface area contributed by atoms with Gasteiger partial charge in [0.05, 0.1) is 16.4 Å². The summed E-state index contributed by atoms with van der Waals surface area (Å²) in [7, 11) is 0. The molecule has 1 aliphatic rings. The monoisotopic (exact) mass is 278 g/mol. The molecule has 1 aliphatic carbocycles. The second kappa shape index (κ2) is 5.02. The first-order valence-electron chi connectivity index (χ1n) is 6.83. The lowest BCUT2D eigenvalue weighted by molar-refractivity contribution is -0.384. The molecule has 2 aromatic rings. The van der Waals surface area contributed by atoms with Gasteiger partial charge < -0.3 is 0 Å². The number of nitriles is 1. The topological polar surface area (TPSA) is 66.9 Å². The summed E-state index contributed by atoms with van der Waals surface area (Å²) in [6.45, 7) is 0. The minimum Gasteiger partial charge on any atom is -0.258 e.